The van der Waals surface area contributed by atoms with Crippen molar-refractivity contribution in [3.05, 3.63) is 57.5 Å². The lowest BCUT2D eigenvalue weighted by Gasteiger charge is -2.11. The van der Waals surface area contributed by atoms with Crippen molar-refractivity contribution in [2.24, 2.45) is 0 Å². The van der Waals surface area contributed by atoms with E-state index in [2.05, 4.69) is 5.10 Å². The van der Waals surface area contributed by atoms with Gasteiger partial charge in [-0.05, 0) is 38.0 Å². The summed E-state index contributed by atoms with van der Waals surface area (Å²) >= 11 is 0. The number of rotatable bonds is 3. The number of esters is 1. The molecule has 0 aliphatic carbocycles. The molecule has 0 unspecified atom stereocenters. The standard InChI is InChI=1S/C15H16N2O3/c1-4-20-15(19)14-13(18)8-9-17(16-14)12-7-5-6-10(2)11(12)3/h5-9H,4H2,1-3H3. The molecule has 0 amide bonds. The largest absolute Gasteiger partial charge is 0.461 e. The van der Waals surface area contributed by atoms with Gasteiger partial charge in [-0.15, -0.1) is 0 Å². The van der Waals surface area contributed by atoms with Crippen LogP contribution in [0.5, 0.6) is 0 Å². The van der Waals surface area contributed by atoms with Crippen molar-refractivity contribution < 1.29 is 9.53 Å². The Labute approximate surface area is 116 Å². The molecule has 2 aromatic rings. The summed E-state index contributed by atoms with van der Waals surface area (Å²) in [4.78, 5) is 23.4. The maximum absolute atomic E-state index is 11.7. The van der Waals surface area contributed by atoms with Gasteiger partial charge < -0.3 is 4.74 Å². The van der Waals surface area contributed by atoms with Gasteiger partial charge in [0.05, 0.1) is 12.3 Å². The van der Waals surface area contributed by atoms with Crippen LogP contribution < -0.4 is 5.43 Å². The molecule has 1 heterocycles. The molecule has 104 valence electrons. The third-order valence-electron chi connectivity index (χ3n) is 3.10. The lowest BCUT2D eigenvalue weighted by atomic mass is 10.1. The van der Waals surface area contributed by atoms with E-state index in [0.29, 0.717) is 0 Å². The Hall–Kier alpha value is -2.43. The van der Waals surface area contributed by atoms with Gasteiger partial charge in [0.2, 0.25) is 11.1 Å². The first-order valence-electron chi connectivity index (χ1n) is 6.38. The predicted molar refractivity (Wildman–Crippen MR) is 75.3 cm³/mol. The summed E-state index contributed by atoms with van der Waals surface area (Å²) in [5, 5.41) is 4.09. The fourth-order valence-corrected chi connectivity index (χ4v) is 1.87. The molecule has 0 saturated carbocycles. The number of aryl methyl sites for hydroxylation is 1. The Morgan fingerprint density at radius 2 is 2.05 bits per heavy atom. The normalized spacial score (nSPS) is 10.3. The first-order valence-corrected chi connectivity index (χ1v) is 6.38. The lowest BCUT2D eigenvalue weighted by Crippen LogP contribution is -2.22. The van der Waals surface area contributed by atoms with Crippen molar-refractivity contribution in [3.8, 4) is 5.69 Å². The van der Waals surface area contributed by atoms with Crippen LogP contribution >= 0.6 is 0 Å². The molecule has 1 aromatic heterocycles. The van der Waals surface area contributed by atoms with Crippen LogP contribution in [0, 0.1) is 13.8 Å². The van der Waals surface area contributed by atoms with Crippen LogP contribution in [0.1, 0.15) is 28.5 Å². The summed E-state index contributed by atoms with van der Waals surface area (Å²) in [5.74, 6) is -0.697. The van der Waals surface area contributed by atoms with Gasteiger partial charge in [-0.1, -0.05) is 12.1 Å². The van der Waals surface area contributed by atoms with Crippen LogP contribution in [0.2, 0.25) is 0 Å². The van der Waals surface area contributed by atoms with E-state index in [0.717, 1.165) is 16.8 Å². The number of benzene rings is 1. The third kappa shape index (κ3) is 2.61. The van der Waals surface area contributed by atoms with Crippen LogP contribution in [0.25, 0.3) is 5.69 Å². The molecular weight excluding hydrogens is 256 g/mol. The van der Waals surface area contributed by atoms with Gasteiger partial charge in [0.1, 0.15) is 0 Å². The van der Waals surface area contributed by atoms with Crippen molar-refractivity contribution in [1.82, 2.24) is 9.78 Å². The summed E-state index contributed by atoms with van der Waals surface area (Å²) in [6.07, 6.45) is 1.55. The summed E-state index contributed by atoms with van der Waals surface area (Å²) in [5.41, 5.74) is 2.34. The van der Waals surface area contributed by atoms with E-state index >= 15 is 0 Å². The van der Waals surface area contributed by atoms with Crippen molar-refractivity contribution in [1.29, 1.82) is 0 Å². The van der Waals surface area contributed by atoms with Gasteiger partial charge in [-0.25, -0.2) is 9.48 Å². The summed E-state index contributed by atoms with van der Waals surface area (Å²) in [7, 11) is 0. The van der Waals surface area contributed by atoms with Crippen molar-refractivity contribution in [3.63, 3.8) is 0 Å². The van der Waals surface area contributed by atoms with Gasteiger partial charge in [0, 0.05) is 12.3 Å². The van der Waals surface area contributed by atoms with Gasteiger partial charge in [-0.2, -0.15) is 5.10 Å². The average Bonchev–Trinajstić information content (AvgIpc) is 2.43. The highest BCUT2D eigenvalue weighted by Gasteiger charge is 2.15. The fraction of sp³-hybridized carbons (Fsp3) is 0.267. The monoisotopic (exact) mass is 272 g/mol. The van der Waals surface area contributed by atoms with Crippen molar-refractivity contribution in [2.75, 3.05) is 6.61 Å². The first-order chi connectivity index (χ1) is 9.54. The topological polar surface area (TPSA) is 61.2 Å². The number of aromatic nitrogens is 2. The minimum atomic E-state index is -0.697. The van der Waals surface area contributed by atoms with Crippen molar-refractivity contribution in [2.45, 2.75) is 20.8 Å². The molecule has 0 fully saturated rings. The lowest BCUT2D eigenvalue weighted by molar-refractivity contribution is 0.0515. The number of ether oxygens (including phenoxy) is 1. The summed E-state index contributed by atoms with van der Waals surface area (Å²) < 4.78 is 6.36. The van der Waals surface area contributed by atoms with Gasteiger partial charge in [0.15, 0.2) is 0 Å². The quantitative estimate of drug-likeness (QED) is 0.802. The average molecular weight is 272 g/mol. The molecular formula is C15H16N2O3. The second kappa shape index (κ2) is 5.69. The molecule has 20 heavy (non-hydrogen) atoms. The van der Waals surface area contributed by atoms with Gasteiger partial charge >= 0.3 is 5.97 Å². The zero-order valence-electron chi connectivity index (χ0n) is 11.7. The number of hydrogen-bond donors (Lipinski definition) is 0. The van der Waals surface area contributed by atoms with E-state index in [4.69, 9.17) is 4.74 Å². The van der Waals surface area contributed by atoms with Crippen LogP contribution in [0.3, 0.4) is 0 Å². The molecule has 5 heteroatoms. The molecule has 5 nitrogen and oxygen atoms in total. The maximum Gasteiger partial charge on any atom is 0.362 e. The zero-order valence-corrected chi connectivity index (χ0v) is 11.7. The molecule has 2 rings (SSSR count). The minimum absolute atomic E-state index is 0.199. The molecule has 0 aliphatic heterocycles. The zero-order chi connectivity index (χ0) is 14.7. The first kappa shape index (κ1) is 14.0. The van der Waals surface area contributed by atoms with Gasteiger partial charge in [-0.3, -0.25) is 4.79 Å². The fourth-order valence-electron chi connectivity index (χ4n) is 1.87. The number of carbonyl (C=O) groups is 1. The van der Waals surface area contributed by atoms with Crippen LogP contribution in [-0.2, 0) is 4.74 Å². The van der Waals surface area contributed by atoms with Crippen molar-refractivity contribution >= 4 is 5.97 Å². The Balaban J connectivity index is 2.54. The smallest absolute Gasteiger partial charge is 0.362 e. The Bertz CT molecular complexity index is 705. The second-order valence-electron chi connectivity index (χ2n) is 4.41. The Kier molecular flexibility index (Phi) is 3.98. The number of nitrogens with zero attached hydrogens (tertiary/aromatic N) is 2. The second-order valence-corrected chi connectivity index (χ2v) is 4.41. The van der Waals surface area contributed by atoms with E-state index in [9.17, 15) is 9.59 Å². The highest BCUT2D eigenvalue weighted by molar-refractivity contribution is 5.86. The molecule has 0 N–H and O–H groups in total. The number of hydrogen-bond acceptors (Lipinski definition) is 4. The molecule has 0 spiro atoms. The maximum atomic E-state index is 11.7. The molecule has 0 aliphatic rings. The highest BCUT2D eigenvalue weighted by atomic mass is 16.5. The van der Waals surface area contributed by atoms with E-state index in [-0.39, 0.29) is 12.3 Å². The van der Waals surface area contributed by atoms with E-state index in [1.165, 1.54) is 10.7 Å². The van der Waals surface area contributed by atoms with E-state index in [1.807, 2.05) is 32.0 Å². The Morgan fingerprint density at radius 1 is 1.30 bits per heavy atom. The van der Waals surface area contributed by atoms with Gasteiger partial charge in [0.25, 0.3) is 0 Å². The highest BCUT2D eigenvalue weighted by Crippen LogP contribution is 2.15. The SMILES string of the molecule is CCOC(=O)c1nn(-c2cccc(C)c2C)ccc1=O. The summed E-state index contributed by atoms with van der Waals surface area (Å²) in [6, 6.07) is 7.10. The summed E-state index contributed by atoms with van der Waals surface area (Å²) in [6.45, 7) is 5.85. The molecule has 0 saturated heterocycles. The molecule has 0 atom stereocenters. The Morgan fingerprint density at radius 3 is 2.75 bits per heavy atom. The number of carbonyl (C=O) groups excluding carboxylic acids is 1. The minimum Gasteiger partial charge on any atom is -0.461 e. The predicted octanol–water partition coefficient (Wildman–Crippen LogP) is 2.03. The molecule has 0 radical (unpaired) electrons. The molecule has 1 aromatic carbocycles. The van der Waals surface area contributed by atoms with E-state index in [1.54, 1.807) is 13.1 Å². The third-order valence-corrected chi connectivity index (χ3v) is 3.10. The molecule has 0 bridgehead atoms. The van der Waals surface area contributed by atoms with Crippen LogP contribution in [-0.4, -0.2) is 22.4 Å². The van der Waals surface area contributed by atoms with Crippen LogP contribution in [0.4, 0.5) is 0 Å². The van der Waals surface area contributed by atoms with E-state index < -0.39 is 11.4 Å². The van der Waals surface area contributed by atoms with Crippen LogP contribution in [0.15, 0.2) is 35.3 Å².